The number of cyclic esters (lactones) is 1. The number of aromatic nitrogens is 1. The third-order valence-electron chi connectivity index (χ3n) is 8.66. The molecule has 4 N–H and O–H groups in total. The largest absolute Gasteiger partial charge is 0.508 e. The van der Waals surface area contributed by atoms with Gasteiger partial charge in [-0.3, -0.25) is 24.0 Å². The van der Waals surface area contributed by atoms with Gasteiger partial charge in [0.25, 0.3) is 0 Å². The lowest BCUT2D eigenvalue weighted by Gasteiger charge is -2.31. The van der Waals surface area contributed by atoms with Gasteiger partial charge in [0.2, 0.25) is 17.7 Å². The number of fused-ring (bicyclic) bond motifs is 1. The molecule has 6 atom stereocenters. The molecule has 48 heavy (non-hydrogen) atoms. The molecule has 2 aromatic carbocycles. The molecule has 1 aromatic heterocycles. The average Bonchev–Trinajstić information content (AvgIpc) is 3.35. The van der Waals surface area contributed by atoms with Crippen molar-refractivity contribution >= 4 is 56.8 Å². The maximum absolute atomic E-state index is 14.3. The molecule has 0 bridgehead atoms. The van der Waals surface area contributed by atoms with Crippen LogP contribution in [0.25, 0.3) is 10.9 Å². The lowest BCUT2D eigenvalue weighted by Crippen LogP contribution is -2.55. The third kappa shape index (κ3) is 9.12. The van der Waals surface area contributed by atoms with Gasteiger partial charge in [-0.25, -0.2) is 0 Å². The Morgan fingerprint density at radius 3 is 2.33 bits per heavy atom. The normalized spacial score (nSPS) is 26.7. The standard InChI is InChI=1S/C36H43BrN4O7/c1-20-14-22(3)48-32(44)18-30(25-10-12-26(43)13-11-25)40-35(46)31(17-28-27-8-6-7-9-29(27)39-33(28)37)41(5)36(47)23(4)38-34(45)21(2)16-24(15-20)19-42/h6-13,15,19-23,30-31,39,43H,14,16-18H2,1-5H3,(H,38,45)(H,40,46)/b24-15+/t20?,21-,22-,23-,30+,31+/m0/s1. The second-order valence-electron chi connectivity index (χ2n) is 12.7. The number of allylic oxidation sites excluding steroid dienone is 2. The van der Waals surface area contributed by atoms with Gasteiger partial charge in [-0.05, 0) is 83.4 Å². The van der Waals surface area contributed by atoms with E-state index in [1.54, 1.807) is 39.0 Å². The molecule has 256 valence electrons. The molecule has 0 spiro atoms. The van der Waals surface area contributed by atoms with Crippen LogP contribution in [-0.2, 0) is 35.1 Å². The summed E-state index contributed by atoms with van der Waals surface area (Å²) < 4.78 is 6.39. The Morgan fingerprint density at radius 1 is 0.958 bits per heavy atom. The van der Waals surface area contributed by atoms with Crippen molar-refractivity contribution in [3.8, 4) is 5.75 Å². The van der Waals surface area contributed by atoms with Gasteiger partial charge in [-0.2, -0.15) is 0 Å². The zero-order valence-electron chi connectivity index (χ0n) is 27.8. The van der Waals surface area contributed by atoms with E-state index in [0.29, 0.717) is 22.2 Å². The minimum atomic E-state index is -1.06. The van der Waals surface area contributed by atoms with Crippen molar-refractivity contribution in [1.29, 1.82) is 0 Å². The van der Waals surface area contributed by atoms with Crippen LogP contribution in [0.2, 0.25) is 0 Å². The number of esters is 1. The second kappa shape index (κ2) is 16.1. The van der Waals surface area contributed by atoms with E-state index in [1.807, 2.05) is 31.2 Å². The van der Waals surface area contributed by atoms with Crippen LogP contribution in [0.15, 0.2) is 64.8 Å². The number of carbonyl (C=O) groups is 5. The number of hydrogen-bond acceptors (Lipinski definition) is 7. The average molecular weight is 724 g/mol. The van der Waals surface area contributed by atoms with Crippen molar-refractivity contribution in [2.45, 2.75) is 77.6 Å². The van der Waals surface area contributed by atoms with Gasteiger partial charge in [0.15, 0.2) is 0 Å². The zero-order valence-corrected chi connectivity index (χ0v) is 29.4. The summed E-state index contributed by atoms with van der Waals surface area (Å²) in [4.78, 5) is 71.0. The molecule has 1 unspecified atom stereocenters. The van der Waals surface area contributed by atoms with Gasteiger partial charge < -0.3 is 30.4 Å². The Kier molecular flexibility index (Phi) is 12.2. The summed E-state index contributed by atoms with van der Waals surface area (Å²) in [6.45, 7) is 6.88. The predicted molar refractivity (Wildman–Crippen MR) is 185 cm³/mol. The van der Waals surface area contributed by atoms with Crippen LogP contribution >= 0.6 is 15.9 Å². The lowest BCUT2D eigenvalue weighted by molar-refractivity contribution is -0.150. The smallest absolute Gasteiger partial charge is 0.308 e. The fourth-order valence-corrected chi connectivity index (χ4v) is 6.70. The first-order valence-corrected chi connectivity index (χ1v) is 16.8. The highest BCUT2D eigenvalue weighted by Gasteiger charge is 2.34. The van der Waals surface area contributed by atoms with Gasteiger partial charge in [0.05, 0.1) is 23.2 Å². The van der Waals surface area contributed by atoms with Crippen LogP contribution in [0.4, 0.5) is 0 Å². The molecule has 3 aromatic rings. The van der Waals surface area contributed by atoms with Crippen molar-refractivity contribution in [1.82, 2.24) is 20.5 Å². The number of ether oxygens (including phenoxy) is 1. The highest BCUT2D eigenvalue weighted by molar-refractivity contribution is 9.10. The van der Waals surface area contributed by atoms with E-state index < -0.39 is 53.8 Å². The number of amides is 3. The molecular weight excluding hydrogens is 680 g/mol. The number of carbonyl (C=O) groups excluding carboxylic acids is 5. The Bertz CT molecular complexity index is 1680. The Hall–Kier alpha value is -4.45. The van der Waals surface area contributed by atoms with Crippen molar-refractivity contribution < 1.29 is 33.8 Å². The SMILES string of the molecule is CC1/C=C(/C=O)C[C@H](C)C(=O)N[C@@H](C)C(=O)N(C)[C@H](Cc2c(Br)[nH]c3ccccc23)C(=O)N[C@@H](c2ccc(O)cc2)CC(=O)O[C@@H](C)C1. The highest BCUT2D eigenvalue weighted by atomic mass is 79.9. The first-order valence-electron chi connectivity index (χ1n) is 16.0. The number of phenolic OH excluding ortho intramolecular Hbond substituents is 1. The van der Waals surface area contributed by atoms with Gasteiger partial charge in [-0.1, -0.05) is 50.3 Å². The molecule has 4 rings (SSSR count). The van der Waals surface area contributed by atoms with E-state index >= 15 is 0 Å². The van der Waals surface area contributed by atoms with Crippen LogP contribution in [0.5, 0.6) is 5.75 Å². The summed E-state index contributed by atoms with van der Waals surface area (Å²) in [6.07, 6.45) is 2.46. The molecular formula is C36H43BrN4O7. The number of aromatic hydroxyl groups is 1. The molecule has 12 heteroatoms. The lowest BCUT2D eigenvalue weighted by atomic mass is 9.95. The highest BCUT2D eigenvalue weighted by Crippen LogP contribution is 2.29. The number of phenols is 1. The van der Waals surface area contributed by atoms with Crippen LogP contribution < -0.4 is 10.6 Å². The van der Waals surface area contributed by atoms with Gasteiger partial charge >= 0.3 is 5.97 Å². The van der Waals surface area contributed by atoms with Crippen molar-refractivity contribution in [2.75, 3.05) is 7.05 Å². The number of aromatic amines is 1. The quantitative estimate of drug-likeness (QED) is 0.221. The van der Waals surface area contributed by atoms with Crippen molar-refractivity contribution in [3.63, 3.8) is 0 Å². The Morgan fingerprint density at radius 2 is 1.65 bits per heavy atom. The fourth-order valence-electron chi connectivity index (χ4n) is 6.11. The zero-order chi connectivity index (χ0) is 35.1. The van der Waals surface area contributed by atoms with E-state index in [1.165, 1.54) is 24.1 Å². The molecule has 1 aliphatic rings. The summed E-state index contributed by atoms with van der Waals surface area (Å²) in [7, 11) is 1.50. The number of nitrogens with zero attached hydrogens (tertiary/aromatic N) is 1. The topological polar surface area (TPSA) is 158 Å². The molecule has 11 nitrogen and oxygen atoms in total. The summed E-state index contributed by atoms with van der Waals surface area (Å²) in [5.74, 6) is -2.72. The van der Waals surface area contributed by atoms with Crippen molar-refractivity contribution in [2.24, 2.45) is 11.8 Å². The van der Waals surface area contributed by atoms with Gasteiger partial charge in [0, 0.05) is 30.3 Å². The van der Waals surface area contributed by atoms with E-state index in [9.17, 15) is 29.1 Å². The fraction of sp³-hybridized carbons (Fsp3) is 0.417. The number of H-pyrrole nitrogens is 1. The van der Waals surface area contributed by atoms with Crippen LogP contribution in [0, 0.1) is 11.8 Å². The molecule has 3 amide bonds. The monoisotopic (exact) mass is 722 g/mol. The molecule has 2 heterocycles. The van der Waals surface area contributed by atoms with E-state index in [-0.39, 0.29) is 30.9 Å². The van der Waals surface area contributed by atoms with Crippen LogP contribution in [-0.4, -0.2) is 70.2 Å². The minimum Gasteiger partial charge on any atom is -0.508 e. The number of aldehydes is 1. The van der Waals surface area contributed by atoms with E-state index in [4.69, 9.17) is 4.74 Å². The maximum atomic E-state index is 14.3. The first-order chi connectivity index (χ1) is 22.8. The molecule has 1 aliphatic heterocycles. The predicted octanol–water partition coefficient (Wildman–Crippen LogP) is 4.88. The molecule has 0 saturated carbocycles. The van der Waals surface area contributed by atoms with Crippen LogP contribution in [0.3, 0.4) is 0 Å². The third-order valence-corrected chi connectivity index (χ3v) is 9.34. The summed E-state index contributed by atoms with van der Waals surface area (Å²) in [5, 5.41) is 16.5. The summed E-state index contributed by atoms with van der Waals surface area (Å²) in [6, 6.07) is 10.8. The number of nitrogens with one attached hydrogen (secondary N) is 3. The number of rotatable bonds is 4. The molecule has 0 saturated heterocycles. The number of likely N-dealkylation sites (N-methyl/N-ethyl adjacent to an activating group) is 1. The molecule has 0 fully saturated rings. The number of para-hydroxylation sites is 1. The van der Waals surface area contributed by atoms with Gasteiger partial charge in [-0.15, -0.1) is 0 Å². The number of benzene rings is 2. The second-order valence-corrected chi connectivity index (χ2v) is 13.5. The minimum absolute atomic E-state index is 0.0202. The van der Waals surface area contributed by atoms with Crippen molar-refractivity contribution in [3.05, 3.63) is 75.9 Å². The number of halogens is 1. The van der Waals surface area contributed by atoms with E-state index in [2.05, 4.69) is 31.5 Å². The summed E-state index contributed by atoms with van der Waals surface area (Å²) >= 11 is 3.58. The van der Waals surface area contributed by atoms with Gasteiger partial charge in [0.1, 0.15) is 24.1 Å². The Balaban J connectivity index is 1.75. The molecule has 0 radical (unpaired) electrons. The maximum Gasteiger partial charge on any atom is 0.308 e. The number of hydrogen-bond donors (Lipinski definition) is 4. The van der Waals surface area contributed by atoms with Crippen LogP contribution in [0.1, 0.15) is 64.1 Å². The summed E-state index contributed by atoms with van der Waals surface area (Å²) in [5.41, 5.74) is 2.60. The Labute approximate surface area is 288 Å². The van der Waals surface area contributed by atoms with E-state index in [0.717, 1.165) is 22.8 Å². The molecule has 0 aliphatic carbocycles. The first kappa shape index (κ1) is 36.4.